The van der Waals surface area contributed by atoms with Gasteiger partial charge in [0.05, 0.1) is 16.8 Å². The zero-order valence-electron chi connectivity index (χ0n) is 18.8. The highest BCUT2D eigenvalue weighted by Crippen LogP contribution is 2.37. The summed E-state index contributed by atoms with van der Waals surface area (Å²) < 4.78 is 85.0. The van der Waals surface area contributed by atoms with Crippen LogP contribution in [0.1, 0.15) is 27.3 Å². The molecule has 35 heavy (non-hydrogen) atoms. The molecule has 0 saturated carbocycles. The number of benzene rings is 1. The molecule has 2 aromatic heterocycles. The number of aryl methyl sites for hydroxylation is 1. The fourth-order valence-corrected chi connectivity index (χ4v) is 3.73. The number of amides is 1. The van der Waals surface area contributed by atoms with E-state index in [0.29, 0.717) is 0 Å². The lowest BCUT2D eigenvalue weighted by molar-refractivity contribution is -0.142. The van der Waals surface area contributed by atoms with Gasteiger partial charge < -0.3 is 14.8 Å². The van der Waals surface area contributed by atoms with Crippen LogP contribution in [0.25, 0.3) is 0 Å². The van der Waals surface area contributed by atoms with Crippen LogP contribution < -0.4 is 14.8 Å². The fourth-order valence-electron chi connectivity index (χ4n) is 3.04. The number of nitrogens with one attached hydrogen (secondary N) is 2. The van der Waals surface area contributed by atoms with E-state index >= 15 is 0 Å². The van der Waals surface area contributed by atoms with E-state index in [1.165, 1.54) is 44.6 Å². The molecule has 186 valence electrons. The minimum absolute atomic E-state index is 0.0470. The van der Waals surface area contributed by atoms with E-state index in [9.17, 15) is 26.6 Å². The van der Waals surface area contributed by atoms with Gasteiger partial charge in [0, 0.05) is 22.5 Å². The lowest BCUT2D eigenvalue weighted by Crippen LogP contribution is -2.21. The summed E-state index contributed by atoms with van der Waals surface area (Å²) in [7, 11) is -1.96. The third-order valence-corrected chi connectivity index (χ3v) is 5.79. The number of carbonyl (C=O) groups is 1. The summed E-state index contributed by atoms with van der Waals surface area (Å²) in [6.45, 7) is 2.47. The lowest BCUT2D eigenvalue weighted by Gasteiger charge is -2.17. The molecule has 0 saturated heterocycles. The maximum Gasteiger partial charge on any atom is 0.435 e. The summed E-state index contributed by atoms with van der Waals surface area (Å²) in [5.74, 6) is -3.72. The Kier molecular flexibility index (Phi) is 6.96. The molecule has 0 radical (unpaired) electrons. The molecule has 3 aromatic rings. The van der Waals surface area contributed by atoms with Gasteiger partial charge in [-0.05, 0) is 43.7 Å². The number of hydrogen-bond acceptors (Lipinski definition) is 8. The summed E-state index contributed by atoms with van der Waals surface area (Å²) in [6.07, 6.45) is -3.78. The molecule has 0 aliphatic rings. The topological polar surface area (TPSA) is 127 Å². The second kappa shape index (κ2) is 9.44. The average molecular weight is 513 g/mol. The predicted molar refractivity (Wildman–Crippen MR) is 117 cm³/mol. The monoisotopic (exact) mass is 513 g/mol. The highest BCUT2D eigenvalue weighted by molar-refractivity contribution is 7.91. The average Bonchev–Trinajstić information content (AvgIpc) is 2.74. The molecule has 14 heteroatoms. The predicted octanol–water partition coefficient (Wildman–Crippen LogP) is 4.74. The Morgan fingerprint density at radius 1 is 1.14 bits per heavy atom. The van der Waals surface area contributed by atoms with E-state index in [-0.39, 0.29) is 22.2 Å². The molecular weight excluding hydrogens is 494 g/mol. The molecule has 2 N–H and O–H groups in total. The number of ether oxygens (including phenoxy) is 2. The molecule has 0 fully saturated rings. The van der Waals surface area contributed by atoms with Crippen molar-refractivity contribution in [3.8, 4) is 17.5 Å². The molecular formula is C21H19F4N5O4S. The summed E-state index contributed by atoms with van der Waals surface area (Å²) >= 11 is 0. The van der Waals surface area contributed by atoms with Crippen molar-refractivity contribution in [2.24, 2.45) is 0 Å². The zero-order valence-corrected chi connectivity index (χ0v) is 19.6. The number of anilines is 1. The van der Waals surface area contributed by atoms with Gasteiger partial charge in [-0.15, -0.1) is 10.2 Å². The molecule has 0 spiro atoms. The van der Waals surface area contributed by atoms with E-state index in [1.54, 1.807) is 0 Å². The number of halogens is 4. The van der Waals surface area contributed by atoms with Crippen LogP contribution in [-0.4, -0.2) is 38.7 Å². The van der Waals surface area contributed by atoms with Crippen molar-refractivity contribution < 1.29 is 36.0 Å². The Morgan fingerprint density at radius 3 is 2.43 bits per heavy atom. The maximum absolute atomic E-state index is 14.6. The minimum Gasteiger partial charge on any atom is -0.478 e. The summed E-state index contributed by atoms with van der Waals surface area (Å²) in [4.78, 5) is 17.1. The van der Waals surface area contributed by atoms with E-state index in [4.69, 9.17) is 14.3 Å². The number of nitrogens with zero attached hydrogens (tertiary/aromatic N) is 3. The Balaban J connectivity index is 2.13. The first-order valence-corrected chi connectivity index (χ1v) is 11.7. The van der Waals surface area contributed by atoms with E-state index in [1.807, 2.05) is 0 Å². The summed E-state index contributed by atoms with van der Waals surface area (Å²) in [5, 5.41) is 8.86. The standard InChI is InChI=1S/C21H19F4N5O4S/c1-10-8-14(22)16(20(27-10)33-3)34-19-15(11(2)17(29-30-19)21(23,24)25)18(31)28-12-6-5-7-13(9-12)35(4,26)32/h5-9,26H,1-4H3,(H,28,31). The van der Waals surface area contributed by atoms with E-state index < -0.39 is 56.1 Å². The molecule has 3 rings (SSSR count). The number of aromatic nitrogens is 3. The first kappa shape index (κ1) is 25.8. The zero-order chi connectivity index (χ0) is 26.1. The van der Waals surface area contributed by atoms with Gasteiger partial charge >= 0.3 is 6.18 Å². The van der Waals surface area contributed by atoms with Crippen LogP contribution in [0.3, 0.4) is 0 Å². The highest BCUT2D eigenvalue weighted by atomic mass is 32.2. The van der Waals surface area contributed by atoms with Gasteiger partial charge in [-0.1, -0.05) is 6.07 Å². The van der Waals surface area contributed by atoms with Crippen LogP contribution in [0.2, 0.25) is 0 Å². The number of rotatable bonds is 6. The van der Waals surface area contributed by atoms with Gasteiger partial charge in [-0.3, -0.25) is 4.79 Å². The van der Waals surface area contributed by atoms with Crippen LogP contribution in [0, 0.1) is 24.4 Å². The second-order valence-corrected chi connectivity index (χ2v) is 9.52. The van der Waals surface area contributed by atoms with Crippen LogP contribution >= 0.6 is 0 Å². The lowest BCUT2D eigenvalue weighted by atomic mass is 10.1. The van der Waals surface area contributed by atoms with Crippen molar-refractivity contribution in [3.05, 3.63) is 58.7 Å². The third-order valence-electron chi connectivity index (χ3n) is 4.64. The number of methoxy groups -OCH3 is 1. The number of pyridine rings is 1. The molecule has 1 amide bonds. The Labute approximate surface area is 197 Å². The molecule has 2 heterocycles. The summed E-state index contributed by atoms with van der Waals surface area (Å²) in [6, 6.07) is 6.44. The van der Waals surface area contributed by atoms with Gasteiger partial charge in [-0.25, -0.2) is 18.4 Å². The van der Waals surface area contributed by atoms with Gasteiger partial charge in [0.1, 0.15) is 5.56 Å². The first-order valence-electron chi connectivity index (χ1n) is 9.71. The molecule has 1 atom stereocenters. The Hall–Kier alpha value is -3.81. The molecule has 1 aromatic carbocycles. The van der Waals surface area contributed by atoms with E-state index in [0.717, 1.165) is 13.0 Å². The van der Waals surface area contributed by atoms with Gasteiger partial charge in [0.2, 0.25) is 5.75 Å². The fraction of sp³-hybridized carbons (Fsp3) is 0.238. The van der Waals surface area contributed by atoms with Crippen molar-refractivity contribution in [3.63, 3.8) is 0 Å². The highest BCUT2D eigenvalue weighted by Gasteiger charge is 2.38. The SMILES string of the molecule is COc1nc(C)cc(F)c1Oc1nnc(C(F)(F)F)c(C)c1C(=O)Nc1cccc(S(C)(=N)=O)c1. The van der Waals surface area contributed by atoms with Crippen molar-refractivity contribution in [2.45, 2.75) is 24.9 Å². The molecule has 1 unspecified atom stereocenters. The van der Waals surface area contributed by atoms with Crippen molar-refractivity contribution in [1.29, 1.82) is 4.78 Å². The van der Waals surface area contributed by atoms with Crippen molar-refractivity contribution in [1.82, 2.24) is 15.2 Å². The van der Waals surface area contributed by atoms with Crippen LogP contribution in [0.15, 0.2) is 35.2 Å². The number of alkyl halides is 3. The molecule has 0 aliphatic carbocycles. The third kappa shape index (κ3) is 5.65. The second-order valence-electron chi connectivity index (χ2n) is 7.36. The van der Waals surface area contributed by atoms with Crippen molar-refractivity contribution >= 4 is 21.3 Å². The number of hydrogen-bond donors (Lipinski definition) is 2. The molecule has 0 bridgehead atoms. The molecule has 9 nitrogen and oxygen atoms in total. The van der Waals surface area contributed by atoms with Gasteiger partial charge in [0.25, 0.3) is 17.7 Å². The normalized spacial score (nSPS) is 13.1. The van der Waals surface area contributed by atoms with Gasteiger partial charge in [0.15, 0.2) is 11.5 Å². The van der Waals surface area contributed by atoms with E-state index in [2.05, 4.69) is 20.5 Å². The Bertz CT molecular complexity index is 1410. The number of carbonyl (C=O) groups excluding carboxylic acids is 1. The molecule has 0 aliphatic heterocycles. The van der Waals surface area contributed by atoms with Crippen LogP contribution in [-0.2, 0) is 15.9 Å². The van der Waals surface area contributed by atoms with Crippen LogP contribution in [0.5, 0.6) is 17.5 Å². The Morgan fingerprint density at radius 2 is 1.83 bits per heavy atom. The minimum atomic E-state index is -4.95. The van der Waals surface area contributed by atoms with Crippen molar-refractivity contribution in [2.75, 3.05) is 18.7 Å². The van der Waals surface area contributed by atoms with Crippen LogP contribution in [0.4, 0.5) is 23.2 Å². The summed E-state index contributed by atoms with van der Waals surface area (Å²) in [5.41, 5.74) is -2.47. The largest absolute Gasteiger partial charge is 0.478 e. The van der Waals surface area contributed by atoms with Gasteiger partial charge in [-0.2, -0.15) is 13.2 Å². The smallest absolute Gasteiger partial charge is 0.435 e. The maximum atomic E-state index is 14.6. The first-order chi connectivity index (χ1) is 16.2. The quantitative estimate of drug-likeness (QED) is 0.456.